The summed E-state index contributed by atoms with van der Waals surface area (Å²) >= 11 is 0. The van der Waals surface area contributed by atoms with Gasteiger partial charge in [0.1, 0.15) is 5.75 Å². The number of benzene rings is 1. The van der Waals surface area contributed by atoms with Crippen LogP contribution in [0.2, 0.25) is 0 Å². The third-order valence-electron chi connectivity index (χ3n) is 4.02. The lowest BCUT2D eigenvalue weighted by molar-refractivity contribution is -0.118. The second kappa shape index (κ2) is 5.73. The van der Waals surface area contributed by atoms with Gasteiger partial charge in [0.2, 0.25) is 0 Å². The van der Waals surface area contributed by atoms with Gasteiger partial charge in [0.15, 0.2) is 6.61 Å². The van der Waals surface area contributed by atoms with Crippen LogP contribution in [0.5, 0.6) is 5.75 Å². The number of fused-ring (bicyclic) bond motifs is 1. The number of carbonyl (C=O) groups is 2. The molecule has 6 nitrogen and oxygen atoms in total. The summed E-state index contributed by atoms with van der Waals surface area (Å²) in [5, 5.41) is 9.05. The van der Waals surface area contributed by atoms with Crippen LogP contribution in [0.1, 0.15) is 23.7 Å². The Hall–Kier alpha value is -2.08. The zero-order valence-electron chi connectivity index (χ0n) is 11.9. The van der Waals surface area contributed by atoms with E-state index >= 15 is 0 Å². The van der Waals surface area contributed by atoms with Crippen LogP contribution in [0, 0.1) is 5.92 Å². The Balaban J connectivity index is 1.72. The van der Waals surface area contributed by atoms with Gasteiger partial charge in [-0.25, -0.2) is 0 Å². The molecule has 0 saturated carbocycles. The van der Waals surface area contributed by atoms with Gasteiger partial charge in [-0.05, 0) is 37.1 Å². The highest BCUT2D eigenvalue weighted by atomic mass is 16.5. The maximum absolute atomic E-state index is 12.3. The molecule has 2 heterocycles. The van der Waals surface area contributed by atoms with Crippen molar-refractivity contribution in [1.82, 2.24) is 10.6 Å². The Kier molecular flexibility index (Phi) is 3.79. The third kappa shape index (κ3) is 3.00. The number of anilines is 1. The predicted octanol–water partition coefficient (Wildman–Crippen LogP) is 0.745. The molecule has 1 aromatic rings. The first-order valence-corrected chi connectivity index (χ1v) is 7.22. The second-order valence-electron chi connectivity index (χ2n) is 5.60. The standard InChI is InChI=1S/C15H19N3O3/c1-9-4-5-16-7-12(9)18-15(20)10-2-3-13-11(6-10)17-14(19)8-21-13/h2-3,6,9,12,16H,4-5,7-8H2,1H3,(H,17,19)(H,18,20). The van der Waals surface area contributed by atoms with Crippen LogP contribution in [0.25, 0.3) is 0 Å². The van der Waals surface area contributed by atoms with Crippen molar-refractivity contribution in [3.8, 4) is 5.75 Å². The van der Waals surface area contributed by atoms with Gasteiger partial charge in [-0.2, -0.15) is 0 Å². The zero-order chi connectivity index (χ0) is 14.8. The van der Waals surface area contributed by atoms with Crippen LogP contribution in [0.15, 0.2) is 18.2 Å². The molecule has 0 radical (unpaired) electrons. The summed E-state index contributed by atoms with van der Waals surface area (Å²) < 4.78 is 5.28. The normalized spacial score (nSPS) is 24.5. The van der Waals surface area contributed by atoms with Crippen LogP contribution in [-0.4, -0.2) is 37.6 Å². The molecule has 2 atom stereocenters. The summed E-state index contributed by atoms with van der Waals surface area (Å²) in [5.41, 5.74) is 1.08. The molecule has 2 amide bonds. The van der Waals surface area contributed by atoms with Crippen LogP contribution >= 0.6 is 0 Å². The zero-order valence-corrected chi connectivity index (χ0v) is 11.9. The molecule has 2 aliphatic rings. The van der Waals surface area contributed by atoms with Crippen molar-refractivity contribution in [1.29, 1.82) is 0 Å². The molecule has 1 saturated heterocycles. The van der Waals surface area contributed by atoms with E-state index in [1.165, 1.54) is 0 Å². The maximum Gasteiger partial charge on any atom is 0.262 e. The summed E-state index contributed by atoms with van der Waals surface area (Å²) in [7, 11) is 0. The lowest BCUT2D eigenvalue weighted by Crippen LogP contribution is -2.50. The summed E-state index contributed by atoms with van der Waals surface area (Å²) in [4.78, 5) is 23.7. The van der Waals surface area contributed by atoms with Gasteiger partial charge >= 0.3 is 0 Å². The van der Waals surface area contributed by atoms with Gasteiger partial charge in [-0.15, -0.1) is 0 Å². The summed E-state index contributed by atoms with van der Waals surface area (Å²) in [5.74, 6) is 0.720. The van der Waals surface area contributed by atoms with Crippen molar-refractivity contribution in [2.75, 3.05) is 25.0 Å². The van der Waals surface area contributed by atoms with Gasteiger partial charge in [0.25, 0.3) is 11.8 Å². The summed E-state index contributed by atoms with van der Waals surface area (Å²) in [6.45, 7) is 3.95. The van der Waals surface area contributed by atoms with Crippen LogP contribution in [-0.2, 0) is 4.79 Å². The van der Waals surface area contributed by atoms with Crippen LogP contribution in [0.4, 0.5) is 5.69 Å². The highest BCUT2D eigenvalue weighted by Gasteiger charge is 2.24. The van der Waals surface area contributed by atoms with Crippen molar-refractivity contribution >= 4 is 17.5 Å². The highest BCUT2D eigenvalue weighted by Crippen LogP contribution is 2.28. The summed E-state index contributed by atoms with van der Waals surface area (Å²) in [6.07, 6.45) is 1.05. The Bertz CT molecular complexity index is 573. The molecular formula is C15H19N3O3. The molecule has 112 valence electrons. The lowest BCUT2D eigenvalue weighted by atomic mass is 9.94. The van der Waals surface area contributed by atoms with E-state index in [1.54, 1.807) is 18.2 Å². The Labute approximate surface area is 123 Å². The number of piperidine rings is 1. The van der Waals surface area contributed by atoms with Crippen molar-refractivity contribution < 1.29 is 14.3 Å². The fourth-order valence-corrected chi connectivity index (χ4v) is 2.66. The molecule has 0 aromatic heterocycles. The first-order chi connectivity index (χ1) is 10.1. The topological polar surface area (TPSA) is 79.5 Å². The minimum Gasteiger partial charge on any atom is -0.482 e. The third-order valence-corrected chi connectivity index (χ3v) is 4.02. The predicted molar refractivity (Wildman–Crippen MR) is 78.5 cm³/mol. The van der Waals surface area contributed by atoms with Crippen molar-refractivity contribution in [2.45, 2.75) is 19.4 Å². The van der Waals surface area contributed by atoms with E-state index in [-0.39, 0.29) is 24.5 Å². The smallest absolute Gasteiger partial charge is 0.262 e. The van der Waals surface area contributed by atoms with Crippen LogP contribution in [0.3, 0.4) is 0 Å². The Morgan fingerprint density at radius 3 is 3.10 bits per heavy atom. The number of hydrogen-bond donors (Lipinski definition) is 3. The highest BCUT2D eigenvalue weighted by molar-refractivity contribution is 5.99. The van der Waals surface area contributed by atoms with Gasteiger partial charge in [0, 0.05) is 18.2 Å². The fourth-order valence-electron chi connectivity index (χ4n) is 2.66. The number of nitrogens with one attached hydrogen (secondary N) is 3. The molecule has 6 heteroatoms. The minimum atomic E-state index is -0.204. The van der Waals surface area contributed by atoms with E-state index in [1.807, 2.05) is 0 Å². The molecule has 3 rings (SSSR count). The number of carbonyl (C=O) groups excluding carboxylic acids is 2. The quantitative estimate of drug-likeness (QED) is 0.750. The van der Waals surface area contributed by atoms with Gasteiger partial charge in [0.05, 0.1) is 5.69 Å². The molecule has 2 aliphatic heterocycles. The maximum atomic E-state index is 12.3. The molecule has 0 bridgehead atoms. The molecule has 21 heavy (non-hydrogen) atoms. The van der Waals surface area contributed by atoms with Crippen molar-refractivity contribution in [2.24, 2.45) is 5.92 Å². The average molecular weight is 289 g/mol. The molecule has 0 aliphatic carbocycles. The van der Waals surface area contributed by atoms with Gasteiger partial charge < -0.3 is 20.7 Å². The second-order valence-corrected chi connectivity index (χ2v) is 5.60. The lowest BCUT2D eigenvalue weighted by Gasteiger charge is -2.30. The minimum absolute atomic E-state index is 0.0177. The monoisotopic (exact) mass is 289 g/mol. The van der Waals surface area contributed by atoms with Crippen molar-refractivity contribution in [3.63, 3.8) is 0 Å². The van der Waals surface area contributed by atoms with Gasteiger partial charge in [-0.1, -0.05) is 6.92 Å². The number of ether oxygens (including phenoxy) is 1. The fraction of sp³-hybridized carbons (Fsp3) is 0.467. The van der Waals surface area contributed by atoms with Crippen molar-refractivity contribution in [3.05, 3.63) is 23.8 Å². The first kappa shape index (κ1) is 13.9. The molecule has 0 spiro atoms. The van der Waals surface area contributed by atoms with E-state index in [4.69, 9.17) is 4.74 Å². The molecule has 1 aromatic carbocycles. The first-order valence-electron chi connectivity index (χ1n) is 7.22. The van der Waals surface area contributed by atoms with E-state index < -0.39 is 0 Å². The largest absolute Gasteiger partial charge is 0.482 e. The Morgan fingerprint density at radius 1 is 1.43 bits per heavy atom. The number of amides is 2. The molecular weight excluding hydrogens is 270 g/mol. The van der Waals surface area contributed by atoms with E-state index in [9.17, 15) is 9.59 Å². The summed E-state index contributed by atoms with van der Waals surface area (Å²) in [6, 6.07) is 5.22. The number of rotatable bonds is 2. The average Bonchev–Trinajstić information content (AvgIpc) is 2.48. The van der Waals surface area contributed by atoms with E-state index in [2.05, 4.69) is 22.9 Å². The Morgan fingerprint density at radius 2 is 2.29 bits per heavy atom. The molecule has 1 fully saturated rings. The number of hydrogen-bond acceptors (Lipinski definition) is 4. The molecule has 2 unspecified atom stereocenters. The molecule has 3 N–H and O–H groups in total. The SMILES string of the molecule is CC1CCNCC1NC(=O)c1ccc2c(c1)NC(=O)CO2. The van der Waals surface area contributed by atoms with Crippen LogP contribution < -0.4 is 20.7 Å². The van der Waals surface area contributed by atoms with E-state index in [0.717, 1.165) is 19.5 Å². The van der Waals surface area contributed by atoms with E-state index in [0.29, 0.717) is 22.9 Å². The van der Waals surface area contributed by atoms with Gasteiger partial charge in [-0.3, -0.25) is 9.59 Å².